The molecule has 0 aromatic heterocycles. The van der Waals surface area contributed by atoms with Crippen molar-refractivity contribution in [3.8, 4) is 5.75 Å². The average Bonchev–Trinajstić information content (AvgIpc) is 2.77. The van der Waals surface area contributed by atoms with Gasteiger partial charge in [-0.05, 0) is 48.4 Å². The predicted molar refractivity (Wildman–Crippen MR) is 102 cm³/mol. The summed E-state index contributed by atoms with van der Waals surface area (Å²) in [4.78, 5) is 6.83. The first-order valence-electron chi connectivity index (χ1n) is 8.18. The Hall–Kier alpha value is -2.55. The monoisotopic (exact) mass is 320 g/mol. The third-order valence-electron chi connectivity index (χ3n) is 4.78. The van der Waals surface area contributed by atoms with Crippen LogP contribution in [0.4, 0.5) is 11.4 Å². The van der Waals surface area contributed by atoms with E-state index in [1.165, 1.54) is 22.5 Å². The summed E-state index contributed by atoms with van der Waals surface area (Å²) in [5.74, 6) is 0.842. The summed E-state index contributed by atoms with van der Waals surface area (Å²) in [5.41, 5.74) is 6.13. The number of para-hydroxylation sites is 1. The SMILES string of the molecule is COc1ccc(N=C/C=C2\N(C)c3c(C)cccc3C2(C)C)cc1. The van der Waals surface area contributed by atoms with Gasteiger partial charge in [0.15, 0.2) is 0 Å². The lowest BCUT2D eigenvalue weighted by atomic mass is 9.83. The lowest BCUT2D eigenvalue weighted by Crippen LogP contribution is -2.23. The summed E-state index contributed by atoms with van der Waals surface area (Å²) in [7, 11) is 3.80. The van der Waals surface area contributed by atoms with Crippen LogP contribution in [0.3, 0.4) is 0 Å². The maximum atomic E-state index is 5.17. The van der Waals surface area contributed by atoms with Crippen molar-refractivity contribution in [3.05, 3.63) is 65.4 Å². The van der Waals surface area contributed by atoms with Crippen molar-refractivity contribution >= 4 is 17.6 Å². The molecule has 0 saturated carbocycles. The smallest absolute Gasteiger partial charge is 0.119 e. The Kier molecular flexibility index (Phi) is 4.18. The number of benzene rings is 2. The summed E-state index contributed by atoms with van der Waals surface area (Å²) in [5, 5.41) is 0. The lowest BCUT2D eigenvalue weighted by Gasteiger charge is -2.23. The third kappa shape index (κ3) is 2.71. The largest absolute Gasteiger partial charge is 0.497 e. The predicted octanol–water partition coefficient (Wildman–Crippen LogP) is 5.02. The fourth-order valence-corrected chi connectivity index (χ4v) is 3.47. The number of nitrogens with zero attached hydrogens (tertiary/aromatic N) is 2. The maximum absolute atomic E-state index is 5.17. The molecule has 1 aliphatic rings. The molecule has 2 aromatic rings. The fourth-order valence-electron chi connectivity index (χ4n) is 3.47. The highest BCUT2D eigenvalue weighted by Crippen LogP contribution is 2.47. The normalized spacial score (nSPS) is 17.5. The van der Waals surface area contributed by atoms with Crippen molar-refractivity contribution in [1.29, 1.82) is 0 Å². The van der Waals surface area contributed by atoms with E-state index in [-0.39, 0.29) is 5.41 Å². The number of likely N-dealkylation sites (N-methyl/N-ethyl adjacent to an activating group) is 1. The van der Waals surface area contributed by atoms with Gasteiger partial charge in [-0.1, -0.05) is 32.0 Å². The molecular weight excluding hydrogens is 296 g/mol. The van der Waals surface area contributed by atoms with Crippen molar-refractivity contribution in [2.75, 3.05) is 19.1 Å². The Morgan fingerprint density at radius 3 is 2.42 bits per heavy atom. The molecule has 24 heavy (non-hydrogen) atoms. The second-order valence-corrected chi connectivity index (χ2v) is 6.68. The van der Waals surface area contributed by atoms with Crippen molar-refractivity contribution in [2.45, 2.75) is 26.2 Å². The number of ether oxygens (including phenoxy) is 1. The molecule has 0 atom stereocenters. The van der Waals surface area contributed by atoms with E-state index in [1.807, 2.05) is 30.5 Å². The number of allylic oxidation sites excluding steroid dienone is 2. The molecule has 2 aromatic carbocycles. The summed E-state index contributed by atoms with van der Waals surface area (Å²) in [6, 6.07) is 14.3. The Morgan fingerprint density at radius 2 is 1.79 bits per heavy atom. The lowest BCUT2D eigenvalue weighted by molar-refractivity contribution is 0.415. The Balaban J connectivity index is 1.90. The van der Waals surface area contributed by atoms with Gasteiger partial charge in [0.05, 0.1) is 12.8 Å². The molecule has 0 bridgehead atoms. The summed E-state index contributed by atoms with van der Waals surface area (Å²) in [6.07, 6.45) is 4.00. The highest BCUT2D eigenvalue weighted by molar-refractivity contribution is 5.81. The zero-order chi connectivity index (χ0) is 17.3. The molecule has 3 heteroatoms. The standard InChI is InChI=1S/C21H24N2O/c1-15-7-6-8-18-20(15)23(4)19(21(18,2)3)13-14-22-16-9-11-17(24-5)12-10-16/h6-14H,1-5H3/b19-13-,22-14?. The van der Waals surface area contributed by atoms with Crippen molar-refractivity contribution in [1.82, 2.24) is 0 Å². The van der Waals surface area contributed by atoms with Gasteiger partial charge in [0.2, 0.25) is 0 Å². The Bertz CT molecular complexity index is 801. The van der Waals surface area contributed by atoms with Crippen LogP contribution >= 0.6 is 0 Å². The van der Waals surface area contributed by atoms with Crippen LogP contribution in [0, 0.1) is 6.92 Å². The molecule has 124 valence electrons. The van der Waals surface area contributed by atoms with Gasteiger partial charge in [0, 0.05) is 30.1 Å². The van der Waals surface area contributed by atoms with Crippen LogP contribution in [-0.2, 0) is 5.41 Å². The van der Waals surface area contributed by atoms with Gasteiger partial charge in [-0.15, -0.1) is 0 Å². The molecular formula is C21H24N2O. The van der Waals surface area contributed by atoms with Gasteiger partial charge in [0.25, 0.3) is 0 Å². The van der Waals surface area contributed by atoms with Gasteiger partial charge in [-0.25, -0.2) is 0 Å². The number of methoxy groups -OCH3 is 1. The van der Waals surface area contributed by atoms with Crippen LogP contribution < -0.4 is 9.64 Å². The first-order valence-corrected chi connectivity index (χ1v) is 8.18. The molecule has 0 spiro atoms. The molecule has 0 amide bonds. The Labute approximate surface area is 144 Å². The molecule has 0 N–H and O–H groups in total. The second-order valence-electron chi connectivity index (χ2n) is 6.68. The highest BCUT2D eigenvalue weighted by atomic mass is 16.5. The number of anilines is 1. The molecule has 1 aliphatic heterocycles. The van der Waals surface area contributed by atoms with Crippen LogP contribution in [0.1, 0.15) is 25.0 Å². The third-order valence-corrected chi connectivity index (χ3v) is 4.78. The average molecular weight is 320 g/mol. The van der Waals surface area contributed by atoms with Gasteiger partial charge in [-0.3, -0.25) is 4.99 Å². The zero-order valence-corrected chi connectivity index (χ0v) is 15.0. The number of rotatable bonds is 3. The molecule has 0 unspecified atom stereocenters. The molecule has 3 rings (SSSR count). The van der Waals surface area contributed by atoms with Crippen LogP contribution in [0.25, 0.3) is 0 Å². The minimum absolute atomic E-state index is 0.0258. The molecule has 0 aliphatic carbocycles. The van der Waals surface area contributed by atoms with Gasteiger partial charge in [-0.2, -0.15) is 0 Å². The van der Waals surface area contributed by atoms with Crippen LogP contribution in [0.15, 0.2) is 59.2 Å². The van der Waals surface area contributed by atoms with E-state index in [4.69, 9.17) is 4.74 Å². The minimum atomic E-state index is -0.0258. The van der Waals surface area contributed by atoms with E-state index < -0.39 is 0 Å². The van der Waals surface area contributed by atoms with Crippen molar-refractivity contribution in [3.63, 3.8) is 0 Å². The molecule has 0 saturated heterocycles. The van der Waals surface area contributed by atoms with E-state index in [0.29, 0.717) is 0 Å². The number of hydrogen-bond acceptors (Lipinski definition) is 3. The second kappa shape index (κ2) is 6.16. The highest BCUT2D eigenvalue weighted by Gasteiger charge is 2.38. The van der Waals surface area contributed by atoms with Crippen LogP contribution in [0.2, 0.25) is 0 Å². The van der Waals surface area contributed by atoms with E-state index in [0.717, 1.165) is 11.4 Å². The molecule has 1 heterocycles. The van der Waals surface area contributed by atoms with Gasteiger partial charge in [0.1, 0.15) is 5.75 Å². The van der Waals surface area contributed by atoms with Crippen LogP contribution in [-0.4, -0.2) is 20.4 Å². The topological polar surface area (TPSA) is 24.8 Å². The van der Waals surface area contributed by atoms with E-state index >= 15 is 0 Å². The first kappa shape index (κ1) is 16.3. The number of aryl methyl sites for hydroxylation is 1. The summed E-state index contributed by atoms with van der Waals surface area (Å²) in [6.45, 7) is 6.70. The molecule has 0 fully saturated rings. The van der Waals surface area contributed by atoms with Gasteiger partial charge >= 0.3 is 0 Å². The van der Waals surface area contributed by atoms with Crippen molar-refractivity contribution < 1.29 is 4.74 Å². The van der Waals surface area contributed by atoms with E-state index in [9.17, 15) is 0 Å². The zero-order valence-electron chi connectivity index (χ0n) is 15.0. The first-order chi connectivity index (χ1) is 11.4. The van der Waals surface area contributed by atoms with E-state index in [2.05, 4.69) is 62.0 Å². The van der Waals surface area contributed by atoms with Crippen molar-refractivity contribution in [2.24, 2.45) is 4.99 Å². The number of fused-ring (bicyclic) bond motifs is 1. The maximum Gasteiger partial charge on any atom is 0.119 e. The van der Waals surface area contributed by atoms with E-state index in [1.54, 1.807) is 7.11 Å². The number of aliphatic imine (C=N–C) groups is 1. The number of hydrogen-bond donors (Lipinski definition) is 0. The minimum Gasteiger partial charge on any atom is -0.497 e. The van der Waals surface area contributed by atoms with Gasteiger partial charge < -0.3 is 9.64 Å². The Morgan fingerprint density at radius 1 is 1.08 bits per heavy atom. The summed E-state index contributed by atoms with van der Waals surface area (Å²) >= 11 is 0. The summed E-state index contributed by atoms with van der Waals surface area (Å²) < 4.78 is 5.17. The fraction of sp³-hybridized carbons (Fsp3) is 0.286. The quantitative estimate of drug-likeness (QED) is 0.742. The van der Waals surface area contributed by atoms with Crippen LogP contribution in [0.5, 0.6) is 5.75 Å². The molecule has 0 radical (unpaired) electrons. The molecule has 3 nitrogen and oxygen atoms in total.